The van der Waals surface area contributed by atoms with Crippen molar-refractivity contribution in [2.24, 2.45) is 0 Å². The number of nitrogens with one attached hydrogen (secondary N) is 4. The Hall–Kier alpha value is -6.76. The molecule has 10 heterocycles. The standard InChI is InChI=1S/C85H137N13O32/c1-60(99)87-69-71-74(127-80(5,6)124-71)83(10,129-76(69)103)54-115-43-40-112-37-34-109-31-28-106-25-22-97-47-64(91-94-97)51-118-56-84(89-67(101)19-15-12-16-20-86-78(104)120-49-62-17-13-11-14-18-62,55-117-50-63-46-96(93-90-63)21-24-105-27-30-108-33-36-111-39-42-114-53-82(9)73-66(45-68(102)123-82)122-79(3,4)126-73)57-119-52-65-48-98(95-92-65)23-26-107-29-32-110-35-38-113-41-44-116-58-85-59-121-77(130-85)70(88-61(2)100)72-75(85)128-81(7,8)125-72/h11,13-14,17-18,46-48,66,68-77,102-103H,12,15-16,19-45,49-59H2,1-10H3,(H,86,104)(H,87,99)(H,88,100)(H,89,101)/t66-,68+,69-,70-,71-,72-,73-,74-,75-,76+,77+,82-,83-,84?,85+/m1/s1. The fraction of sp³-hybridized carbons (Fsp3) is 0.812. The molecular weight excluding hydrogens is 1710 g/mol. The van der Waals surface area contributed by atoms with Crippen LogP contribution in [0.4, 0.5) is 4.79 Å². The lowest BCUT2D eigenvalue weighted by atomic mass is 9.87. The number of benzene rings is 1. The summed E-state index contributed by atoms with van der Waals surface area (Å²) >= 11 is 0. The van der Waals surface area contributed by atoms with E-state index < -0.39 is 101 Å². The Labute approximate surface area is 757 Å². The normalized spacial score (nSPS) is 26.8. The molecule has 0 spiro atoms. The van der Waals surface area contributed by atoms with Gasteiger partial charge < -0.3 is 155 Å². The summed E-state index contributed by atoms with van der Waals surface area (Å²) in [4.78, 5) is 50.6. The van der Waals surface area contributed by atoms with Gasteiger partial charge in [0.05, 0.1) is 249 Å². The molecule has 0 saturated carbocycles. The van der Waals surface area contributed by atoms with Gasteiger partial charge in [-0.05, 0) is 73.8 Å². The van der Waals surface area contributed by atoms with E-state index >= 15 is 0 Å². The molecule has 45 nitrogen and oxygen atoms in total. The van der Waals surface area contributed by atoms with Crippen molar-refractivity contribution in [3.63, 3.8) is 0 Å². The second-order valence-corrected chi connectivity index (χ2v) is 34.6. The highest BCUT2D eigenvalue weighted by Crippen LogP contribution is 2.48. The van der Waals surface area contributed by atoms with E-state index in [1.807, 2.05) is 65.0 Å². The van der Waals surface area contributed by atoms with Gasteiger partial charge in [-0.3, -0.25) is 14.4 Å². The highest BCUT2D eigenvalue weighted by molar-refractivity contribution is 5.77. The van der Waals surface area contributed by atoms with Gasteiger partial charge in [-0.2, -0.15) is 0 Å². The highest BCUT2D eigenvalue weighted by Gasteiger charge is 2.67. The van der Waals surface area contributed by atoms with E-state index in [1.165, 1.54) is 13.8 Å². The third kappa shape index (κ3) is 33.6. The highest BCUT2D eigenvalue weighted by atomic mass is 16.8. The van der Waals surface area contributed by atoms with Crippen molar-refractivity contribution in [1.29, 1.82) is 0 Å². The van der Waals surface area contributed by atoms with Crippen LogP contribution in [0.3, 0.4) is 0 Å². The summed E-state index contributed by atoms with van der Waals surface area (Å²) in [5.41, 5.74) is -1.76. The lowest BCUT2D eigenvalue weighted by Crippen LogP contribution is -2.67. The number of aliphatic hydroxyl groups excluding tert-OH is 2. The van der Waals surface area contributed by atoms with Crippen LogP contribution in [-0.2, 0) is 184 Å². The first-order valence-corrected chi connectivity index (χ1v) is 44.8. The Balaban J connectivity index is 0.608. The summed E-state index contributed by atoms with van der Waals surface area (Å²) in [6.07, 6.45) is 0.925. The maximum absolute atomic E-state index is 14.2. The SMILES string of the molecule is CC(=O)N[C@@H]1[C@H]2OC(C)(C)O[C@H]2[C@@](C)(COCCOCCOCCOCCn2cc(COCC(COCc3cn(CCOCCOCCOCCOC[C@@]45CO[C@@H](O4)[C@H](NC(C)=O)[C@H]4OC(C)(C)O[C@H]45)nn3)(COCc3cn(CCOCCOCCOCCOC[C@@]4(C)O[C@H](O)C[C@H]5OC(C)(C)O[C@H]54)nn3)NC(=O)CCCCCNC(=O)OCc3ccccc3)nn2)O[C@@H]1O. The van der Waals surface area contributed by atoms with Gasteiger partial charge in [0.1, 0.15) is 88.6 Å². The maximum Gasteiger partial charge on any atom is 0.407 e. The van der Waals surface area contributed by atoms with E-state index in [-0.39, 0.29) is 122 Å². The summed E-state index contributed by atoms with van der Waals surface area (Å²) in [6, 6.07) is 8.05. The molecule has 4 amide bonds. The second-order valence-electron chi connectivity index (χ2n) is 34.6. The number of carbonyl (C=O) groups is 4. The van der Waals surface area contributed by atoms with E-state index in [1.54, 1.807) is 53.4 Å². The molecule has 7 fully saturated rings. The van der Waals surface area contributed by atoms with Crippen LogP contribution < -0.4 is 21.3 Å². The lowest BCUT2D eigenvalue weighted by molar-refractivity contribution is -0.279. The minimum Gasteiger partial charge on any atom is -0.445 e. The molecule has 734 valence electrons. The van der Waals surface area contributed by atoms with Gasteiger partial charge >= 0.3 is 6.09 Å². The van der Waals surface area contributed by atoms with Gasteiger partial charge in [-0.25, -0.2) is 18.8 Å². The molecule has 15 atom stereocenters. The number of unbranched alkanes of at least 4 members (excludes halogenated alkanes) is 2. The Morgan fingerprint density at radius 2 is 0.877 bits per heavy atom. The summed E-state index contributed by atoms with van der Waals surface area (Å²) in [5.74, 6) is -3.47. The Morgan fingerprint density at radius 3 is 1.36 bits per heavy atom. The number of aromatic nitrogens is 9. The molecule has 6 N–H and O–H groups in total. The number of carbonyl (C=O) groups excluding carboxylic acids is 4. The number of amides is 4. The minimum absolute atomic E-state index is 0.000788. The number of fused-ring (bicyclic) bond motifs is 6. The van der Waals surface area contributed by atoms with E-state index in [0.29, 0.717) is 194 Å². The summed E-state index contributed by atoms with van der Waals surface area (Å²) in [7, 11) is 0. The number of rotatable bonds is 65. The fourth-order valence-corrected chi connectivity index (χ4v) is 15.9. The Morgan fingerprint density at radius 1 is 0.454 bits per heavy atom. The number of ether oxygens (including phenoxy) is 26. The molecule has 3 aromatic heterocycles. The first-order chi connectivity index (χ1) is 62.6. The van der Waals surface area contributed by atoms with Gasteiger partial charge in [0.25, 0.3) is 0 Å². The van der Waals surface area contributed by atoms with Crippen LogP contribution in [0.25, 0.3) is 0 Å². The van der Waals surface area contributed by atoms with Gasteiger partial charge in [-0.1, -0.05) is 52.4 Å². The quantitative estimate of drug-likeness (QED) is 0.0339. The molecule has 1 unspecified atom stereocenters. The third-order valence-corrected chi connectivity index (χ3v) is 21.8. The van der Waals surface area contributed by atoms with Crippen molar-refractivity contribution >= 4 is 23.8 Å². The molecule has 45 heteroatoms. The summed E-state index contributed by atoms with van der Waals surface area (Å²) < 4.78 is 160. The smallest absolute Gasteiger partial charge is 0.407 e. The fourth-order valence-electron chi connectivity index (χ4n) is 15.9. The number of alkyl carbamates (subject to hydrolysis) is 1. The number of aliphatic hydroxyl groups is 2. The van der Waals surface area contributed by atoms with Crippen molar-refractivity contribution in [3.8, 4) is 0 Å². The monoisotopic (exact) mass is 1850 g/mol. The predicted octanol–water partition coefficient (Wildman–Crippen LogP) is 1.25. The van der Waals surface area contributed by atoms with Crippen molar-refractivity contribution in [2.45, 2.75) is 255 Å². The Bertz CT molecular complexity index is 3960. The molecule has 0 radical (unpaired) electrons. The first-order valence-electron chi connectivity index (χ1n) is 44.8. The van der Waals surface area contributed by atoms with Crippen LogP contribution in [-0.4, -0.2) is 378 Å². The molecule has 2 bridgehead atoms. The minimum atomic E-state index is -1.34. The van der Waals surface area contributed by atoms with Gasteiger partial charge in [-0.15, -0.1) is 15.3 Å². The molecule has 7 aliphatic heterocycles. The van der Waals surface area contributed by atoms with Gasteiger partial charge in [0, 0.05) is 33.2 Å². The summed E-state index contributed by atoms with van der Waals surface area (Å²) in [6.45, 7) is 26.0. The molecule has 11 rings (SSSR count). The zero-order valence-electron chi connectivity index (χ0n) is 76.6. The van der Waals surface area contributed by atoms with Gasteiger partial charge in [0.2, 0.25) is 17.7 Å². The van der Waals surface area contributed by atoms with Crippen LogP contribution >= 0.6 is 0 Å². The van der Waals surface area contributed by atoms with Crippen LogP contribution in [0.2, 0.25) is 0 Å². The van der Waals surface area contributed by atoms with Crippen LogP contribution in [0.1, 0.15) is 124 Å². The average Bonchev–Trinajstić information content (AvgIpc) is 1.58. The molecule has 7 saturated heterocycles. The molecule has 1 aromatic carbocycles. The maximum atomic E-state index is 14.2. The molecule has 7 aliphatic rings. The number of hydrogen-bond donors (Lipinski definition) is 6. The first kappa shape index (κ1) is 104. The van der Waals surface area contributed by atoms with Crippen molar-refractivity contribution < 1.29 is 153 Å². The lowest BCUT2D eigenvalue weighted by Gasteiger charge is -2.46. The number of nitrogens with zero attached hydrogens (tertiary/aromatic N) is 9. The Kier molecular flexibility index (Phi) is 41.3. The molecule has 4 aromatic rings. The predicted molar refractivity (Wildman–Crippen MR) is 449 cm³/mol. The van der Waals surface area contributed by atoms with Crippen molar-refractivity contribution in [2.75, 3.05) is 192 Å². The van der Waals surface area contributed by atoms with Crippen LogP contribution in [0.5, 0.6) is 0 Å². The topological polar surface area (TPSA) is 489 Å². The summed E-state index contributed by atoms with van der Waals surface area (Å²) in [5, 5.41) is 58.7. The van der Waals surface area contributed by atoms with Gasteiger partial charge in [0.15, 0.2) is 36.2 Å². The van der Waals surface area contributed by atoms with E-state index in [2.05, 4.69) is 52.2 Å². The number of hydrogen-bond acceptors (Lipinski definition) is 38. The second kappa shape index (κ2) is 51.8. The van der Waals surface area contributed by atoms with Crippen molar-refractivity contribution in [3.05, 3.63) is 71.6 Å². The average molecular weight is 1850 g/mol. The van der Waals surface area contributed by atoms with Crippen LogP contribution in [0.15, 0.2) is 48.9 Å². The third-order valence-electron chi connectivity index (χ3n) is 21.8. The van der Waals surface area contributed by atoms with E-state index in [0.717, 1.165) is 5.56 Å². The molecular formula is C85H137N13O32. The zero-order valence-corrected chi connectivity index (χ0v) is 76.6. The molecule has 0 aliphatic carbocycles. The van der Waals surface area contributed by atoms with E-state index in [9.17, 15) is 29.4 Å². The van der Waals surface area contributed by atoms with Crippen molar-refractivity contribution in [1.82, 2.24) is 66.2 Å². The largest absolute Gasteiger partial charge is 0.445 e. The zero-order chi connectivity index (χ0) is 92.3. The molecule has 130 heavy (non-hydrogen) atoms. The van der Waals surface area contributed by atoms with E-state index in [4.69, 9.17) is 123 Å². The van der Waals surface area contributed by atoms with Crippen LogP contribution in [0, 0.1) is 0 Å².